The quantitative estimate of drug-likeness (QED) is 0.313. The maximum Gasteiger partial charge on any atom is 0.104 e. The average Bonchev–Trinajstić information content (AvgIpc) is 3.47. The predicted molar refractivity (Wildman–Crippen MR) is 150 cm³/mol. The molecule has 2 saturated heterocycles. The topological polar surface area (TPSA) is 40.2 Å². The Labute approximate surface area is 227 Å². The maximum atomic E-state index is 6.75. The molecule has 0 N–H and O–H groups in total. The van der Waals surface area contributed by atoms with Gasteiger partial charge in [-0.25, -0.2) is 0 Å². The van der Waals surface area contributed by atoms with Crippen LogP contribution in [-0.2, 0) is 38.8 Å². The average molecular weight is 516 g/mol. The standard InChI is InChI=1S/C33H41NO4/c1-33(2,3)38-24-28-31(36-22-26-15-9-5-10-16-26)32(37-23-27-17-11-6-12-18-27)30-29(19-20-34(28)30)35-21-25-13-7-4-8-14-25/h4-18,28-32H,19-24H2,1-3H3/t28-,29+,30-,31-,32-/m1/s1. The number of benzene rings is 3. The first-order valence-corrected chi connectivity index (χ1v) is 13.8. The molecule has 2 heterocycles. The van der Waals surface area contributed by atoms with E-state index in [-0.39, 0.29) is 36.0 Å². The fourth-order valence-electron chi connectivity index (χ4n) is 5.62. The molecule has 0 radical (unpaired) electrons. The van der Waals surface area contributed by atoms with Gasteiger partial charge in [-0.05, 0) is 43.9 Å². The zero-order chi connectivity index (χ0) is 26.4. The van der Waals surface area contributed by atoms with E-state index >= 15 is 0 Å². The number of hydrogen-bond donors (Lipinski definition) is 0. The Balaban J connectivity index is 1.38. The summed E-state index contributed by atoms with van der Waals surface area (Å²) in [5.74, 6) is 0. The highest BCUT2D eigenvalue weighted by atomic mass is 16.6. The second kappa shape index (κ2) is 12.5. The van der Waals surface area contributed by atoms with Gasteiger partial charge in [-0.3, -0.25) is 4.90 Å². The van der Waals surface area contributed by atoms with Crippen molar-refractivity contribution in [2.24, 2.45) is 0 Å². The molecular weight excluding hydrogens is 474 g/mol. The molecule has 0 saturated carbocycles. The maximum absolute atomic E-state index is 6.75. The van der Waals surface area contributed by atoms with Gasteiger partial charge in [0, 0.05) is 6.54 Å². The van der Waals surface area contributed by atoms with Gasteiger partial charge < -0.3 is 18.9 Å². The number of rotatable bonds is 11. The SMILES string of the molecule is CC(C)(C)OC[C@@H]1[C@@H](OCc2ccccc2)[C@H](OCc2ccccc2)[C@H]2[C@@H](OCc3ccccc3)CCN21. The van der Waals surface area contributed by atoms with Gasteiger partial charge in [-0.15, -0.1) is 0 Å². The number of nitrogens with zero attached hydrogens (tertiary/aromatic N) is 1. The molecule has 0 amide bonds. The van der Waals surface area contributed by atoms with Crippen LogP contribution < -0.4 is 0 Å². The molecule has 5 rings (SSSR count). The lowest BCUT2D eigenvalue weighted by Crippen LogP contribution is -2.43. The molecule has 2 fully saturated rings. The van der Waals surface area contributed by atoms with E-state index in [0.29, 0.717) is 26.4 Å². The Kier molecular flexibility index (Phi) is 8.93. The first-order valence-electron chi connectivity index (χ1n) is 13.8. The fourth-order valence-corrected chi connectivity index (χ4v) is 5.62. The smallest absolute Gasteiger partial charge is 0.104 e. The normalized spacial score (nSPS) is 25.5. The van der Waals surface area contributed by atoms with E-state index in [4.69, 9.17) is 18.9 Å². The van der Waals surface area contributed by atoms with Crippen molar-refractivity contribution in [2.45, 2.75) is 83.0 Å². The minimum atomic E-state index is -0.231. The molecule has 38 heavy (non-hydrogen) atoms. The van der Waals surface area contributed by atoms with Crippen LogP contribution in [0.1, 0.15) is 43.9 Å². The Hall–Kier alpha value is -2.54. The van der Waals surface area contributed by atoms with Gasteiger partial charge >= 0.3 is 0 Å². The van der Waals surface area contributed by atoms with Crippen molar-refractivity contribution in [1.82, 2.24) is 4.90 Å². The van der Waals surface area contributed by atoms with Gasteiger partial charge in [0.05, 0.1) is 50.2 Å². The van der Waals surface area contributed by atoms with Crippen LogP contribution in [0.3, 0.4) is 0 Å². The molecule has 202 valence electrons. The van der Waals surface area contributed by atoms with Crippen molar-refractivity contribution in [3.63, 3.8) is 0 Å². The monoisotopic (exact) mass is 515 g/mol. The van der Waals surface area contributed by atoms with Crippen LogP contribution in [-0.4, -0.2) is 54.0 Å². The molecule has 0 spiro atoms. The van der Waals surface area contributed by atoms with Gasteiger partial charge in [-0.2, -0.15) is 0 Å². The third-order valence-electron chi connectivity index (χ3n) is 7.47. The molecule has 2 aliphatic rings. The number of ether oxygens (including phenoxy) is 4. The second-order valence-corrected chi connectivity index (χ2v) is 11.4. The molecule has 0 bridgehead atoms. The Bertz CT molecular complexity index is 1100. The summed E-state index contributed by atoms with van der Waals surface area (Å²) >= 11 is 0. The van der Waals surface area contributed by atoms with Crippen LogP contribution in [0.4, 0.5) is 0 Å². The summed E-state index contributed by atoms with van der Waals surface area (Å²) in [5, 5.41) is 0. The van der Waals surface area contributed by atoms with Crippen LogP contribution in [0, 0.1) is 0 Å². The van der Waals surface area contributed by atoms with Crippen LogP contribution in [0.25, 0.3) is 0 Å². The van der Waals surface area contributed by atoms with Crippen LogP contribution in [0.15, 0.2) is 91.0 Å². The van der Waals surface area contributed by atoms with Crippen LogP contribution in [0.2, 0.25) is 0 Å². The summed E-state index contributed by atoms with van der Waals surface area (Å²) in [6, 6.07) is 31.4. The third kappa shape index (κ3) is 6.90. The van der Waals surface area contributed by atoms with Crippen molar-refractivity contribution in [3.05, 3.63) is 108 Å². The van der Waals surface area contributed by atoms with Gasteiger partial charge in [0.1, 0.15) is 12.2 Å². The first-order chi connectivity index (χ1) is 18.5. The van der Waals surface area contributed by atoms with E-state index in [2.05, 4.69) is 98.5 Å². The highest BCUT2D eigenvalue weighted by molar-refractivity contribution is 5.17. The third-order valence-corrected chi connectivity index (χ3v) is 7.47. The minimum absolute atomic E-state index is 0.0680. The first kappa shape index (κ1) is 27.0. The van der Waals surface area contributed by atoms with Crippen molar-refractivity contribution >= 4 is 0 Å². The summed E-state index contributed by atoms with van der Waals surface area (Å²) in [6.45, 7) is 9.54. The lowest BCUT2D eigenvalue weighted by Gasteiger charge is -2.30. The van der Waals surface area contributed by atoms with E-state index in [0.717, 1.165) is 24.1 Å². The number of hydrogen-bond acceptors (Lipinski definition) is 5. The molecule has 3 aromatic rings. The highest BCUT2D eigenvalue weighted by Crippen LogP contribution is 2.40. The van der Waals surface area contributed by atoms with Crippen molar-refractivity contribution in [2.75, 3.05) is 13.2 Å². The highest BCUT2D eigenvalue weighted by Gasteiger charge is 2.56. The van der Waals surface area contributed by atoms with E-state index in [1.165, 1.54) is 5.56 Å². The van der Waals surface area contributed by atoms with Crippen molar-refractivity contribution in [1.29, 1.82) is 0 Å². The van der Waals surface area contributed by atoms with E-state index in [1.807, 2.05) is 18.2 Å². The molecule has 0 aliphatic carbocycles. The summed E-state index contributed by atoms with van der Waals surface area (Å²) in [6.07, 6.45) is 0.781. The van der Waals surface area contributed by atoms with E-state index in [9.17, 15) is 0 Å². The summed E-state index contributed by atoms with van der Waals surface area (Å²) < 4.78 is 26.4. The predicted octanol–water partition coefficient (Wildman–Crippen LogP) is 6.01. The fraction of sp³-hybridized carbons (Fsp3) is 0.455. The van der Waals surface area contributed by atoms with Crippen molar-refractivity contribution < 1.29 is 18.9 Å². The zero-order valence-electron chi connectivity index (χ0n) is 22.9. The van der Waals surface area contributed by atoms with Gasteiger partial charge in [0.15, 0.2) is 0 Å². The lowest BCUT2D eigenvalue weighted by atomic mass is 10.0. The summed E-state index contributed by atoms with van der Waals surface area (Å²) in [7, 11) is 0. The minimum Gasteiger partial charge on any atom is -0.374 e. The number of fused-ring (bicyclic) bond motifs is 1. The van der Waals surface area contributed by atoms with Crippen LogP contribution >= 0.6 is 0 Å². The second-order valence-electron chi connectivity index (χ2n) is 11.4. The Morgan fingerprint density at radius 1 is 0.658 bits per heavy atom. The largest absolute Gasteiger partial charge is 0.374 e. The lowest BCUT2D eigenvalue weighted by molar-refractivity contribution is -0.107. The van der Waals surface area contributed by atoms with E-state index in [1.54, 1.807) is 0 Å². The molecule has 0 aromatic heterocycles. The molecule has 0 unspecified atom stereocenters. The molecule has 2 aliphatic heterocycles. The molecule has 3 aromatic carbocycles. The molecular formula is C33H41NO4. The molecule has 5 nitrogen and oxygen atoms in total. The van der Waals surface area contributed by atoms with Gasteiger partial charge in [0.2, 0.25) is 0 Å². The Morgan fingerprint density at radius 3 is 1.63 bits per heavy atom. The van der Waals surface area contributed by atoms with Crippen molar-refractivity contribution in [3.8, 4) is 0 Å². The van der Waals surface area contributed by atoms with Crippen LogP contribution in [0.5, 0.6) is 0 Å². The molecule has 5 heteroatoms. The summed E-state index contributed by atoms with van der Waals surface area (Å²) in [4.78, 5) is 2.53. The van der Waals surface area contributed by atoms with E-state index < -0.39 is 0 Å². The molecule has 5 atom stereocenters. The zero-order valence-corrected chi connectivity index (χ0v) is 22.9. The summed E-state index contributed by atoms with van der Waals surface area (Å²) in [5.41, 5.74) is 3.28. The Morgan fingerprint density at radius 2 is 1.13 bits per heavy atom. The van der Waals surface area contributed by atoms with Gasteiger partial charge in [-0.1, -0.05) is 91.0 Å². The van der Waals surface area contributed by atoms with Gasteiger partial charge in [0.25, 0.3) is 0 Å².